The molecule has 2 heterocycles. The van der Waals surface area contributed by atoms with Crippen molar-refractivity contribution < 1.29 is 9.53 Å². The number of nitrogens with zero attached hydrogens (tertiary/aromatic N) is 3. The van der Waals surface area contributed by atoms with Gasteiger partial charge in [-0.05, 0) is 46.9 Å². The van der Waals surface area contributed by atoms with Crippen LogP contribution in [0, 0.1) is 3.57 Å². The summed E-state index contributed by atoms with van der Waals surface area (Å²) in [5.41, 5.74) is 3.61. The van der Waals surface area contributed by atoms with Gasteiger partial charge < -0.3 is 14.5 Å². The molecule has 0 spiro atoms. The smallest absolute Gasteiger partial charge is 0.278 e. The molecule has 0 aliphatic carbocycles. The largest absolute Gasteiger partial charge is 0.378 e. The molecule has 1 saturated heterocycles. The first kappa shape index (κ1) is 19.4. The van der Waals surface area contributed by atoms with Crippen LogP contribution < -0.4 is 4.90 Å². The van der Waals surface area contributed by atoms with Crippen LogP contribution in [0.3, 0.4) is 0 Å². The first-order chi connectivity index (χ1) is 13.5. The van der Waals surface area contributed by atoms with Crippen molar-refractivity contribution in [2.24, 2.45) is 4.99 Å². The number of likely N-dealkylation sites (N-methyl/N-ethyl adjacent to an activating group) is 1. The van der Waals surface area contributed by atoms with Gasteiger partial charge in [0.15, 0.2) is 0 Å². The van der Waals surface area contributed by atoms with E-state index in [1.807, 2.05) is 48.7 Å². The minimum atomic E-state index is -0.143. The zero-order chi connectivity index (χ0) is 19.7. The van der Waals surface area contributed by atoms with Crippen LogP contribution >= 0.6 is 34.2 Å². The lowest BCUT2D eigenvalue weighted by Gasteiger charge is -2.26. The number of halogens is 2. The molecule has 5 nitrogen and oxygen atoms in total. The number of morpholine rings is 1. The number of hydrogen-bond donors (Lipinski definition) is 0. The summed E-state index contributed by atoms with van der Waals surface area (Å²) in [6.07, 6.45) is 1.84. The van der Waals surface area contributed by atoms with E-state index < -0.39 is 0 Å². The number of hydrogen-bond acceptors (Lipinski definition) is 4. The van der Waals surface area contributed by atoms with Gasteiger partial charge >= 0.3 is 0 Å². The predicted molar refractivity (Wildman–Crippen MR) is 120 cm³/mol. The number of rotatable bonds is 2. The standard InChI is InChI=1S/C21H19ClIN3O2/c1-25-19-7-6-14(23)12-16(19)20(15-4-2-3-5-17(15)22)24-18(21(25)27)13-26-8-10-28-11-9-26/h2-7,12-13H,8-11H2,1H3. The highest BCUT2D eigenvalue weighted by Crippen LogP contribution is 2.32. The number of carbonyl (C=O) groups is 1. The molecule has 0 bridgehead atoms. The second-order valence-electron chi connectivity index (χ2n) is 6.63. The zero-order valence-corrected chi connectivity index (χ0v) is 18.3. The van der Waals surface area contributed by atoms with Crippen LogP contribution in [0.25, 0.3) is 0 Å². The topological polar surface area (TPSA) is 45.1 Å². The highest BCUT2D eigenvalue weighted by Gasteiger charge is 2.27. The minimum Gasteiger partial charge on any atom is -0.378 e. The van der Waals surface area contributed by atoms with Gasteiger partial charge in [0, 0.05) is 46.1 Å². The number of benzodiazepines with no additional fused rings is 1. The molecule has 0 saturated carbocycles. The van der Waals surface area contributed by atoms with E-state index in [2.05, 4.69) is 27.5 Å². The predicted octanol–water partition coefficient (Wildman–Crippen LogP) is 3.93. The van der Waals surface area contributed by atoms with Crippen molar-refractivity contribution in [3.05, 3.63) is 74.1 Å². The normalized spacial score (nSPS) is 18.8. The number of benzene rings is 2. The number of fused-ring (bicyclic) bond motifs is 1. The maximum absolute atomic E-state index is 13.2. The van der Waals surface area contributed by atoms with Crippen LogP contribution in [-0.4, -0.2) is 49.9 Å². The molecule has 0 aromatic heterocycles. The fraction of sp³-hybridized carbons (Fsp3) is 0.238. The monoisotopic (exact) mass is 507 g/mol. The molecular formula is C21H19ClIN3O2. The first-order valence-electron chi connectivity index (χ1n) is 9.00. The summed E-state index contributed by atoms with van der Waals surface area (Å²) in [6.45, 7) is 2.77. The van der Waals surface area contributed by atoms with Crippen molar-refractivity contribution in [1.29, 1.82) is 0 Å². The van der Waals surface area contributed by atoms with Gasteiger partial charge in [-0.15, -0.1) is 0 Å². The number of anilines is 1. The van der Waals surface area contributed by atoms with E-state index in [1.165, 1.54) is 0 Å². The Morgan fingerprint density at radius 2 is 1.89 bits per heavy atom. The molecule has 0 unspecified atom stereocenters. The molecule has 0 radical (unpaired) electrons. The van der Waals surface area contributed by atoms with Gasteiger partial charge in [0.25, 0.3) is 5.91 Å². The maximum atomic E-state index is 13.2. The molecular weight excluding hydrogens is 489 g/mol. The molecule has 4 rings (SSSR count). The summed E-state index contributed by atoms with van der Waals surface area (Å²) >= 11 is 8.77. The summed E-state index contributed by atoms with van der Waals surface area (Å²) in [7, 11) is 1.78. The Kier molecular flexibility index (Phi) is 5.70. The van der Waals surface area contributed by atoms with Gasteiger partial charge in [0.2, 0.25) is 0 Å². The third kappa shape index (κ3) is 3.81. The van der Waals surface area contributed by atoms with E-state index >= 15 is 0 Å². The highest BCUT2D eigenvalue weighted by molar-refractivity contribution is 14.1. The van der Waals surface area contributed by atoms with Crippen molar-refractivity contribution in [3.63, 3.8) is 0 Å². The molecule has 2 aliphatic rings. The molecule has 0 N–H and O–H groups in total. The summed E-state index contributed by atoms with van der Waals surface area (Å²) in [6, 6.07) is 13.6. The lowest BCUT2D eigenvalue weighted by molar-refractivity contribution is -0.115. The van der Waals surface area contributed by atoms with Crippen molar-refractivity contribution in [1.82, 2.24) is 4.90 Å². The van der Waals surface area contributed by atoms with Crippen LogP contribution in [0.2, 0.25) is 5.02 Å². The number of amides is 1. The second-order valence-corrected chi connectivity index (χ2v) is 8.28. The van der Waals surface area contributed by atoms with Crippen molar-refractivity contribution in [2.75, 3.05) is 38.3 Å². The van der Waals surface area contributed by atoms with Crippen LogP contribution in [0.1, 0.15) is 11.1 Å². The molecule has 1 fully saturated rings. The Balaban J connectivity index is 1.92. The molecule has 2 aromatic rings. The number of aliphatic imine (C=N–C) groups is 1. The van der Waals surface area contributed by atoms with Gasteiger partial charge in [-0.1, -0.05) is 29.8 Å². The van der Waals surface area contributed by atoms with Crippen LogP contribution in [0.15, 0.2) is 59.4 Å². The van der Waals surface area contributed by atoms with Crippen LogP contribution in [0.4, 0.5) is 5.69 Å². The van der Waals surface area contributed by atoms with E-state index in [1.54, 1.807) is 11.9 Å². The fourth-order valence-corrected chi connectivity index (χ4v) is 4.04. The third-order valence-electron chi connectivity index (χ3n) is 4.81. The summed E-state index contributed by atoms with van der Waals surface area (Å²) in [5, 5.41) is 0.605. The SMILES string of the molecule is CN1C(=O)C(=CN2CCOCC2)N=C(c2ccccc2Cl)c2cc(I)ccc21. The van der Waals surface area contributed by atoms with Crippen LogP contribution in [-0.2, 0) is 9.53 Å². The fourth-order valence-electron chi connectivity index (χ4n) is 3.32. The Morgan fingerprint density at radius 1 is 1.14 bits per heavy atom. The highest BCUT2D eigenvalue weighted by atomic mass is 127. The first-order valence-corrected chi connectivity index (χ1v) is 10.5. The van der Waals surface area contributed by atoms with Gasteiger partial charge in [-0.2, -0.15) is 0 Å². The van der Waals surface area contributed by atoms with E-state index in [9.17, 15) is 4.79 Å². The Morgan fingerprint density at radius 3 is 2.64 bits per heavy atom. The Labute approximate surface area is 182 Å². The van der Waals surface area contributed by atoms with E-state index in [0.29, 0.717) is 29.6 Å². The summed E-state index contributed by atoms with van der Waals surface area (Å²) in [5.74, 6) is -0.143. The van der Waals surface area contributed by atoms with Crippen LogP contribution in [0.5, 0.6) is 0 Å². The molecule has 2 aromatic carbocycles. The Hall–Kier alpha value is -1.90. The molecule has 2 aliphatic heterocycles. The van der Waals surface area contributed by atoms with E-state index in [0.717, 1.165) is 33.5 Å². The van der Waals surface area contributed by atoms with Gasteiger partial charge in [0.05, 0.1) is 24.6 Å². The molecule has 28 heavy (non-hydrogen) atoms. The minimum absolute atomic E-state index is 0.143. The molecule has 1 amide bonds. The van der Waals surface area contributed by atoms with E-state index in [4.69, 9.17) is 21.3 Å². The van der Waals surface area contributed by atoms with Crippen molar-refractivity contribution >= 4 is 51.5 Å². The van der Waals surface area contributed by atoms with Gasteiger partial charge in [-0.3, -0.25) is 4.79 Å². The average molecular weight is 508 g/mol. The van der Waals surface area contributed by atoms with E-state index in [-0.39, 0.29) is 5.91 Å². The quantitative estimate of drug-likeness (QED) is 0.457. The zero-order valence-electron chi connectivity index (χ0n) is 15.4. The third-order valence-corrected chi connectivity index (χ3v) is 5.81. The van der Waals surface area contributed by atoms with Crippen molar-refractivity contribution in [2.45, 2.75) is 0 Å². The maximum Gasteiger partial charge on any atom is 0.278 e. The second kappa shape index (κ2) is 8.23. The number of carbonyl (C=O) groups excluding carboxylic acids is 1. The molecule has 7 heteroatoms. The summed E-state index contributed by atoms with van der Waals surface area (Å²) < 4.78 is 6.48. The molecule has 0 atom stereocenters. The average Bonchev–Trinajstić information content (AvgIpc) is 2.80. The lowest BCUT2D eigenvalue weighted by Crippen LogP contribution is -2.34. The van der Waals surface area contributed by atoms with Gasteiger partial charge in [-0.25, -0.2) is 4.99 Å². The summed E-state index contributed by atoms with van der Waals surface area (Å²) in [4.78, 5) is 21.8. The Bertz CT molecular complexity index is 983. The molecule has 144 valence electrons. The van der Waals surface area contributed by atoms with Gasteiger partial charge in [0.1, 0.15) is 5.70 Å². The number of ether oxygens (including phenoxy) is 1. The lowest BCUT2D eigenvalue weighted by atomic mass is 10.0. The van der Waals surface area contributed by atoms with Crippen molar-refractivity contribution in [3.8, 4) is 0 Å².